The van der Waals surface area contributed by atoms with Gasteiger partial charge in [0.2, 0.25) is 0 Å². The molecule has 0 saturated heterocycles. The first-order valence-electron chi connectivity index (χ1n) is 7.18. The van der Waals surface area contributed by atoms with Crippen LogP contribution in [-0.4, -0.2) is 18.4 Å². The van der Waals surface area contributed by atoms with Crippen molar-refractivity contribution in [3.63, 3.8) is 0 Å². The Morgan fingerprint density at radius 3 is 2.39 bits per heavy atom. The summed E-state index contributed by atoms with van der Waals surface area (Å²) in [6.07, 6.45) is 8.59. The molecule has 1 aromatic carbocycles. The summed E-state index contributed by atoms with van der Waals surface area (Å²) in [6.45, 7) is 0.818. The average molecular weight is 245 g/mol. The van der Waals surface area contributed by atoms with E-state index in [0.717, 1.165) is 12.1 Å². The Bertz CT molecular complexity index is 353. The van der Waals surface area contributed by atoms with Crippen LogP contribution < -0.4 is 5.32 Å². The van der Waals surface area contributed by atoms with Gasteiger partial charge in [0.25, 0.3) is 0 Å². The highest BCUT2D eigenvalue weighted by atomic mass is 16.1. The van der Waals surface area contributed by atoms with Crippen molar-refractivity contribution in [1.29, 1.82) is 0 Å². The Morgan fingerprint density at radius 2 is 1.72 bits per heavy atom. The standard InChI is InChI=1S/C16H23NO/c18-16(14-8-4-3-5-9-14)12-13-17-15-10-6-1-2-7-11-15/h3-5,8-9,15,17H,1-2,6-7,10-13H2. The van der Waals surface area contributed by atoms with E-state index in [9.17, 15) is 4.79 Å². The highest BCUT2D eigenvalue weighted by Crippen LogP contribution is 2.17. The molecule has 1 N–H and O–H groups in total. The van der Waals surface area contributed by atoms with E-state index >= 15 is 0 Å². The van der Waals surface area contributed by atoms with Crippen LogP contribution in [0.15, 0.2) is 30.3 Å². The maximum atomic E-state index is 11.9. The van der Waals surface area contributed by atoms with E-state index in [0.29, 0.717) is 12.5 Å². The molecule has 0 aromatic heterocycles. The zero-order valence-electron chi connectivity index (χ0n) is 11.0. The van der Waals surface area contributed by atoms with Crippen molar-refractivity contribution in [2.75, 3.05) is 6.54 Å². The van der Waals surface area contributed by atoms with Crippen LogP contribution in [0.4, 0.5) is 0 Å². The Kier molecular flexibility index (Phi) is 5.40. The van der Waals surface area contributed by atoms with E-state index in [1.165, 1.54) is 38.5 Å². The maximum Gasteiger partial charge on any atom is 0.164 e. The number of hydrogen-bond donors (Lipinski definition) is 1. The van der Waals surface area contributed by atoms with Crippen LogP contribution in [0, 0.1) is 0 Å². The molecule has 2 heteroatoms. The molecule has 0 aliphatic heterocycles. The van der Waals surface area contributed by atoms with Crippen molar-refractivity contribution in [3.8, 4) is 0 Å². The van der Waals surface area contributed by atoms with Crippen LogP contribution in [0.3, 0.4) is 0 Å². The minimum atomic E-state index is 0.247. The molecule has 0 bridgehead atoms. The molecule has 0 spiro atoms. The summed E-state index contributed by atoms with van der Waals surface area (Å²) in [7, 11) is 0. The van der Waals surface area contributed by atoms with Crippen LogP contribution >= 0.6 is 0 Å². The largest absolute Gasteiger partial charge is 0.314 e. The number of Topliss-reactive ketones (excluding diaryl/α,β-unsaturated/α-hetero) is 1. The predicted molar refractivity (Wildman–Crippen MR) is 74.9 cm³/mol. The van der Waals surface area contributed by atoms with Crippen LogP contribution in [0.5, 0.6) is 0 Å². The Balaban J connectivity index is 1.70. The van der Waals surface area contributed by atoms with Gasteiger partial charge in [0.05, 0.1) is 0 Å². The Hall–Kier alpha value is -1.15. The zero-order chi connectivity index (χ0) is 12.6. The minimum absolute atomic E-state index is 0.247. The fourth-order valence-electron chi connectivity index (χ4n) is 2.64. The number of carbonyl (C=O) groups excluding carboxylic acids is 1. The molecular weight excluding hydrogens is 222 g/mol. The van der Waals surface area contributed by atoms with Gasteiger partial charge in [-0.15, -0.1) is 0 Å². The fraction of sp³-hybridized carbons (Fsp3) is 0.562. The summed E-state index contributed by atoms with van der Waals surface area (Å²) in [4.78, 5) is 11.9. The third-order valence-corrected chi connectivity index (χ3v) is 3.74. The molecule has 98 valence electrons. The van der Waals surface area contributed by atoms with Gasteiger partial charge >= 0.3 is 0 Å². The monoisotopic (exact) mass is 245 g/mol. The highest BCUT2D eigenvalue weighted by Gasteiger charge is 2.12. The predicted octanol–water partition coefficient (Wildman–Crippen LogP) is 3.57. The third kappa shape index (κ3) is 4.26. The first-order chi connectivity index (χ1) is 8.86. The van der Waals surface area contributed by atoms with Gasteiger partial charge in [-0.1, -0.05) is 56.0 Å². The lowest BCUT2D eigenvalue weighted by Gasteiger charge is -2.15. The second-order valence-electron chi connectivity index (χ2n) is 5.18. The molecule has 18 heavy (non-hydrogen) atoms. The lowest BCUT2D eigenvalue weighted by atomic mass is 10.1. The van der Waals surface area contributed by atoms with Crippen LogP contribution in [0.2, 0.25) is 0 Å². The minimum Gasteiger partial charge on any atom is -0.314 e. The smallest absolute Gasteiger partial charge is 0.164 e. The summed E-state index contributed by atoms with van der Waals surface area (Å²) < 4.78 is 0. The lowest BCUT2D eigenvalue weighted by Crippen LogP contribution is -2.30. The molecule has 2 rings (SSSR count). The molecular formula is C16H23NO. The van der Waals surface area contributed by atoms with E-state index in [1.807, 2.05) is 30.3 Å². The van der Waals surface area contributed by atoms with Crippen molar-refractivity contribution < 1.29 is 4.79 Å². The maximum absolute atomic E-state index is 11.9. The zero-order valence-corrected chi connectivity index (χ0v) is 11.0. The molecule has 0 atom stereocenters. The number of benzene rings is 1. The fourth-order valence-corrected chi connectivity index (χ4v) is 2.64. The first kappa shape index (κ1) is 13.3. The Morgan fingerprint density at radius 1 is 1.06 bits per heavy atom. The average Bonchev–Trinajstić information content (AvgIpc) is 2.68. The molecule has 0 amide bonds. The lowest BCUT2D eigenvalue weighted by molar-refractivity contribution is 0.0981. The van der Waals surface area contributed by atoms with Gasteiger partial charge in [0, 0.05) is 24.6 Å². The number of hydrogen-bond acceptors (Lipinski definition) is 2. The van der Waals surface area contributed by atoms with Gasteiger partial charge in [-0.3, -0.25) is 4.79 Å². The summed E-state index contributed by atoms with van der Waals surface area (Å²) in [5.74, 6) is 0.247. The van der Waals surface area contributed by atoms with Crippen LogP contribution in [0.25, 0.3) is 0 Å². The number of nitrogens with one attached hydrogen (secondary N) is 1. The molecule has 0 radical (unpaired) electrons. The Labute approximate surface area is 110 Å². The van der Waals surface area contributed by atoms with Crippen LogP contribution in [-0.2, 0) is 0 Å². The van der Waals surface area contributed by atoms with Gasteiger partial charge in [0.15, 0.2) is 5.78 Å². The van der Waals surface area contributed by atoms with Gasteiger partial charge in [-0.05, 0) is 12.8 Å². The molecule has 0 heterocycles. The van der Waals surface area contributed by atoms with E-state index in [2.05, 4.69) is 5.32 Å². The normalized spacial score (nSPS) is 17.3. The summed E-state index contributed by atoms with van der Waals surface area (Å²) in [5, 5.41) is 3.54. The summed E-state index contributed by atoms with van der Waals surface area (Å²) in [6, 6.07) is 10.2. The quantitative estimate of drug-likeness (QED) is 0.634. The molecule has 1 aliphatic carbocycles. The SMILES string of the molecule is O=C(CCNC1CCCCCC1)c1ccccc1. The van der Waals surface area contributed by atoms with Gasteiger partial charge in [-0.2, -0.15) is 0 Å². The second-order valence-corrected chi connectivity index (χ2v) is 5.18. The van der Waals surface area contributed by atoms with Crippen molar-refractivity contribution in [3.05, 3.63) is 35.9 Å². The molecule has 0 unspecified atom stereocenters. The van der Waals surface area contributed by atoms with Crippen molar-refractivity contribution in [2.24, 2.45) is 0 Å². The van der Waals surface area contributed by atoms with E-state index in [-0.39, 0.29) is 5.78 Å². The molecule has 1 saturated carbocycles. The third-order valence-electron chi connectivity index (χ3n) is 3.74. The molecule has 1 aliphatic rings. The number of ketones is 1. The van der Waals surface area contributed by atoms with Crippen molar-refractivity contribution in [1.82, 2.24) is 5.32 Å². The summed E-state index contributed by atoms with van der Waals surface area (Å²) in [5.41, 5.74) is 0.833. The molecule has 1 aromatic rings. The number of carbonyl (C=O) groups is 1. The van der Waals surface area contributed by atoms with E-state index < -0.39 is 0 Å². The van der Waals surface area contributed by atoms with Crippen molar-refractivity contribution in [2.45, 2.75) is 51.0 Å². The molecule has 2 nitrogen and oxygen atoms in total. The topological polar surface area (TPSA) is 29.1 Å². The van der Waals surface area contributed by atoms with Crippen molar-refractivity contribution >= 4 is 5.78 Å². The second kappa shape index (κ2) is 7.32. The van der Waals surface area contributed by atoms with Gasteiger partial charge in [-0.25, -0.2) is 0 Å². The first-order valence-corrected chi connectivity index (χ1v) is 7.18. The molecule has 1 fully saturated rings. The van der Waals surface area contributed by atoms with Gasteiger partial charge in [0.1, 0.15) is 0 Å². The highest BCUT2D eigenvalue weighted by molar-refractivity contribution is 5.96. The van der Waals surface area contributed by atoms with E-state index in [1.54, 1.807) is 0 Å². The summed E-state index contributed by atoms with van der Waals surface area (Å²) >= 11 is 0. The van der Waals surface area contributed by atoms with Gasteiger partial charge < -0.3 is 5.32 Å². The van der Waals surface area contributed by atoms with E-state index in [4.69, 9.17) is 0 Å². The van der Waals surface area contributed by atoms with Crippen LogP contribution in [0.1, 0.15) is 55.3 Å². The number of rotatable bonds is 5.